The molecule has 0 amide bonds. The fraction of sp³-hybridized carbons (Fsp3) is 0.250. The van der Waals surface area contributed by atoms with Gasteiger partial charge in [0.2, 0.25) is 0 Å². The minimum atomic E-state index is -4.29. The van der Waals surface area contributed by atoms with Crippen molar-refractivity contribution in [2.24, 2.45) is 0 Å². The number of rotatable bonds is 3. The first-order valence-electron chi connectivity index (χ1n) is 6.44. The molecular weight excluding hydrogens is 343 g/mol. The molecule has 1 nitrogen and oxygen atoms in total. The van der Waals surface area contributed by atoms with Crippen molar-refractivity contribution in [2.45, 2.75) is 26.6 Å². The highest BCUT2D eigenvalue weighted by atomic mass is 79.9. The van der Waals surface area contributed by atoms with Crippen LogP contribution in [0.5, 0.6) is 0 Å². The van der Waals surface area contributed by atoms with E-state index in [4.69, 9.17) is 0 Å². The van der Waals surface area contributed by atoms with Gasteiger partial charge in [-0.05, 0) is 54.8 Å². The third-order valence-electron chi connectivity index (χ3n) is 3.21. The van der Waals surface area contributed by atoms with E-state index in [-0.39, 0.29) is 0 Å². The van der Waals surface area contributed by atoms with E-state index in [1.165, 1.54) is 12.1 Å². The van der Waals surface area contributed by atoms with Crippen molar-refractivity contribution in [2.75, 3.05) is 5.32 Å². The van der Waals surface area contributed by atoms with Crippen LogP contribution < -0.4 is 5.32 Å². The molecule has 0 atom stereocenters. The number of aryl methyl sites for hydroxylation is 2. The second-order valence-corrected chi connectivity index (χ2v) is 5.77. The molecule has 0 saturated heterocycles. The monoisotopic (exact) mass is 357 g/mol. The van der Waals surface area contributed by atoms with Gasteiger partial charge in [-0.3, -0.25) is 0 Å². The predicted octanol–water partition coefficient (Wildman–Crippen LogP) is 5.70. The van der Waals surface area contributed by atoms with E-state index in [9.17, 15) is 13.2 Å². The van der Waals surface area contributed by atoms with Crippen LogP contribution in [0.15, 0.2) is 40.9 Å². The van der Waals surface area contributed by atoms with Gasteiger partial charge in [0.15, 0.2) is 0 Å². The van der Waals surface area contributed by atoms with Crippen LogP contribution in [0.4, 0.5) is 18.9 Å². The summed E-state index contributed by atoms with van der Waals surface area (Å²) in [6.07, 6.45) is -4.29. The molecule has 0 unspecified atom stereocenters. The second kappa shape index (κ2) is 6.10. The highest BCUT2D eigenvalue weighted by Gasteiger charge is 2.29. The van der Waals surface area contributed by atoms with E-state index in [0.29, 0.717) is 6.54 Å². The average molecular weight is 358 g/mol. The molecule has 0 saturated carbocycles. The first-order chi connectivity index (χ1) is 9.77. The van der Waals surface area contributed by atoms with Gasteiger partial charge in [-0.15, -0.1) is 0 Å². The molecule has 0 radical (unpaired) electrons. The standard InChI is InChI=1S/C16H15BrF3N/c1-10-7-14(8-11(2)15(10)17)21-9-12-3-5-13(6-4-12)16(18,19)20/h3-8,21H,9H2,1-2H3. The zero-order valence-electron chi connectivity index (χ0n) is 11.7. The Balaban J connectivity index is 2.07. The van der Waals surface area contributed by atoms with Crippen LogP contribution in [-0.2, 0) is 12.7 Å². The summed E-state index contributed by atoms with van der Waals surface area (Å²) in [5, 5.41) is 3.23. The summed E-state index contributed by atoms with van der Waals surface area (Å²) in [4.78, 5) is 0. The summed E-state index contributed by atoms with van der Waals surface area (Å²) in [7, 11) is 0. The van der Waals surface area contributed by atoms with Crippen molar-refractivity contribution in [3.8, 4) is 0 Å². The van der Waals surface area contributed by atoms with Crippen LogP contribution in [0.2, 0.25) is 0 Å². The van der Waals surface area contributed by atoms with Crippen LogP contribution in [-0.4, -0.2) is 0 Å². The lowest BCUT2D eigenvalue weighted by molar-refractivity contribution is -0.137. The molecule has 112 valence electrons. The molecule has 0 bridgehead atoms. The summed E-state index contributed by atoms with van der Waals surface area (Å²) >= 11 is 3.50. The van der Waals surface area contributed by atoms with Crippen molar-refractivity contribution in [3.63, 3.8) is 0 Å². The number of benzene rings is 2. The van der Waals surface area contributed by atoms with Crippen LogP contribution in [0.25, 0.3) is 0 Å². The molecule has 0 aromatic heterocycles. The maximum atomic E-state index is 12.5. The molecule has 0 aliphatic carbocycles. The highest BCUT2D eigenvalue weighted by molar-refractivity contribution is 9.10. The molecule has 2 aromatic rings. The van der Waals surface area contributed by atoms with Gasteiger partial charge in [-0.1, -0.05) is 28.1 Å². The molecule has 2 aromatic carbocycles. The van der Waals surface area contributed by atoms with E-state index in [0.717, 1.165) is 39.0 Å². The number of hydrogen-bond acceptors (Lipinski definition) is 1. The van der Waals surface area contributed by atoms with Crippen molar-refractivity contribution < 1.29 is 13.2 Å². The number of alkyl halides is 3. The lowest BCUT2D eigenvalue weighted by Gasteiger charge is -2.11. The van der Waals surface area contributed by atoms with Crippen LogP contribution >= 0.6 is 15.9 Å². The fourth-order valence-corrected chi connectivity index (χ4v) is 2.29. The summed E-state index contributed by atoms with van der Waals surface area (Å²) < 4.78 is 38.5. The normalized spacial score (nSPS) is 11.5. The Morgan fingerprint density at radius 3 is 2.00 bits per heavy atom. The first kappa shape index (κ1) is 15.9. The Morgan fingerprint density at radius 1 is 1.00 bits per heavy atom. The summed E-state index contributed by atoms with van der Waals surface area (Å²) in [5.74, 6) is 0. The van der Waals surface area contributed by atoms with E-state index in [1.54, 1.807) is 0 Å². The van der Waals surface area contributed by atoms with Gasteiger partial charge < -0.3 is 5.32 Å². The molecule has 0 aliphatic rings. The number of nitrogens with one attached hydrogen (secondary N) is 1. The van der Waals surface area contributed by atoms with E-state index < -0.39 is 11.7 Å². The van der Waals surface area contributed by atoms with Crippen molar-refractivity contribution in [3.05, 3.63) is 63.1 Å². The van der Waals surface area contributed by atoms with Gasteiger partial charge in [0, 0.05) is 16.7 Å². The van der Waals surface area contributed by atoms with E-state index >= 15 is 0 Å². The van der Waals surface area contributed by atoms with E-state index in [1.807, 2.05) is 26.0 Å². The van der Waals surface area contributed by atoms with Gasteiger partial charge in [0.05, 0.1) is 5.56 Å². The lowest BCUT2D eigenvalue weighted by Crippen LogP contribution is -2.05. The van der Waals surface area contributed by atoms with Gasteiger partial charge in [-0.25, -0.2) is 0 Å². The molecular formula is C16H15BrF3N. The third-order valence-corrected chi connectivity index (χ3v) is 4.47. The Hall–Kier alpha value is -1.49. The Labute approximate surface area is 130 Å². The Kier molecular flexibility index (Phi) is 4.61. The molecule has 0 spiro atoms. The van der Waals surface area contributed by atoms with Gasteiger partial charge in [-0.2, -0.15) is 13.2 Å². The zero-order valence-corrected chi connectivity index (χ0v) is 13.3. The summed E-state index contributed by atoms with van der Waals surface area (Å²) in [6.45, 7) is 4.49. The topological polar surface area (TPSA) is 12.0 Å². The molecule has 2 rings (SSSR count). The van der Waals surface area contributed by atoms with Crippen LogP contribution in [0.3, 0.4) is 0 Å². The zero-order chi connectivity index (χ0) is 15.6. The van der Waals surface area contributed by atoms with Crippen LogP contribution in [0.1, 0.15) is 22.3 Å². The van der Waals surface area contributed by atoms with Crippen molar-refractivity contribution >= 4 is 21.6 Å². The number of hydrogen-bond donors (Lipinski definition) is 1. The maximum absolute atomic E-state index is 12.5. The average Bonchev–Trinajstić information content (AvgIpc) is 2.42. The molecule has 21 heavy (non-hydrogen) atoms. The van der Waals surface area contributed by atoms with Crippen molar-refractivity contribution in [1.29, 1.82) is 0 Å². The quantitative estimate of drug-likeness (QED) is 0.743. The molecule has 0 aliphatic heterocycles. The fourth-order valence-electron chi connectivity index (χ4n) is 2.06. The Morgan fingerprint density at radius 2 is 1.52 bits per heavy atom. The van der Waals surface area contributed by atoms with Crippen LogP contribution in [0, 0.1) is 13.8 Å². The minimum Gasteiger partial charge on any atom is -0.381 e. The second-order valence-electron chi connectivity index (χ2n) is 4.97. The number of anilines is 1. The van der Waals surface area contributed by atoms with E-state index in [2.05, 4.69) is 21.2 Å². The van der Waals surface area contributed by atoms with Crippen molar-refractivity contribution in [1.82, 2.24) is 0 Å². The van der Waals surface area contributed by atoms with Gasteiger partial charge in [0.25, 0.3) is 0 Å². The number of halogens is 4. The largest absolute Gasteiger partial charge is 0.416 e. The minimum absolute atomic E-state index is 0.485. The summed E-state index contributed by atoms with van der Waals surface area (Å²) in [5.41, 5.74) is 3.37. The van der Waals surface area contributed by atoms with Gasteiger partial charge >= 0.3 is 6.18 Å². The predicted molar refractivity (Wildman–Crippen MR) is 82.4 cm³/mol. The first-order valence-corrected chi connectivity index (χ1v) is 7.23. The SMILES string of the molecule is Cc1cc(NCc2ccc(C(F)(F)F)cc2)cc(C)c1Br. The third kappa shape index (κ3) is 4.00. The molecule has 5 heteroatoms. The smallest absolute Gasteiger partial charge is 0.381 e. The maximum Gasteiger partial charge on any atom is 0.416 e. The molecule has 1 N–H and O–H groups in total. The molecule has 0 fully saturated rings. The lowest BCUT2D eigenvalue weighted by atomic mass is 10.1. The van der Waals surface area contributed by atoms with Gasteiger partial charge in [0.1, 0.15) is 0 Å². The Bertz CT molecular complexity index is 610. The highest BCUT2D eigenvalue weighted by Crippen LogP contribution is 2.29. The summed E-state index contributed by atoms with van der Waals surface area (Å²) in [6, 6.07) is 9.20. The molecule has 0 heterocycles.